The molecule has 3 rings (SSSR count). The Bertz CT molecular complexity index is 1010. The number of halogens is 2. The summed E-state index contributed by atoms with van der Waals surface area (Å²) >= 11 is 13.0. The van der Waals surface area contributed by atoms with E-state index in [0.717, 1.165) is 5.56 Å². The summed E-state index contributed by atoms with van der Waals surface area (Å²) in [5, 5.41) is 0.568. The third-order valence-corrected chi connectivity index (χ3v) is 5.30. The number of hydrogen-bond donors (Lipinski definition) is 2. The molecule has 4 nitrogen and oxygen atoms in total. The fraction of sp³-hybridized carbons (Fsp3) is 0.143. The number of aromatic nitrogens is 1. The molecule has 1 amide bonds. The van der Waals surface area contributed by atoms with Gasteiger partial charge in [0.15, 0.2) is 5.78 Å². The predicted octanol–water partition coefficient (Wildman–Crippen LogP) is 4.65. The molecule has 0 aliphatic heterocycles. The van der Waals surface area contributed by atoms with Gasteiger partial charge in [-0.1, -0.05) is 53.0 Å². The number of hydrogen-bond acceptors (Lipinski definition) is 2. The van der Waals surface area contributed by atoms with Gasteiger partial charge in [0.1, 0.15) is 5.41 Å². The first-order valence-corrected chi connectivity index (χ1v) is 9.06. The lowest BCUT2D eigenvalue weighted by Gasteiger charge is -2.34. The van der Waals surface area contributed by atoms with Crippen molar-refractivity contribution in [1.29, 1.82) is 0 Å². The molecule has 27 heavy (non-hydrogen) atoms. The van der Waals surface area contributed by atoms with Gasteiger partial charge in [-0.15, -0.1) is 0 Å². The first kappa shape index (κ1) is 19.2. The van der Waals surface area contributed by atoms with Crippen molar-refractivity contribution in [3.63, 3.8) is 0 Å². The fourth-order valence-electron chi connectivity index (χ4n) is 3.50. The molecule has 1 heterocycles. The number of aryl methyl sites for hydroxylation is 1. The van der Waals surface area contributed by atoms with Crippen LogP contribution in [0.2, 0.25) is 10.0 Å². The minimum atomic E-state index is -1.55. The summed E-state index contributed by atoms with van der Waals surface area (Å²) in [6.07, 6.45) is 1.68. The molecule has 3 N–H and O–H groups in total. The number of Topliss-reactive ketones (excluding diaryl/α,β-unsaturated/α-hetero) is 1. The average molecular weight is 401 g/mol. The Morgan fingerprint density at radius 2 is 1.70 bits per heavy atom. The molecule has 0 aliphatic rings. The van der Waals surface area contributed by atoms with Crippen molar-refractivity contribution in [3.05, 3.63) is 92.7 Å². The Labute approximate surface area is 167 Å². The third-order valence-electron chi connectivity index (χ3n) is 4.67. The topological polar surface area (TPSA) is 76.0 Å². The van der Waals surface area contributed by atoms with Gasteiger partial charge < -0.3 is 10.7 Å². The maximum absolute atomic E-state index is 13.1. The summed E-state index contributed by atoms with van der Waals surface area (Å²) in [5.41, 5.74) is 6.97. The molecular weight excluding hydrogens is 383 g/mol. The molecule has 0 saturated heterocycles. The molecule has 6 heteroatoms. The van der Waals surface area contributed by atoms with Gasteiger partial charge in [-0.25, -0.2) is 0 Å². The number of aromatic amines is 1. The van der Waals surface area contributed by atoms with E-state index in [1.54, 1.807) is 48.7 Å². The quantitative estimate of drug-likeness (QED) is 0.611. The van der Waals surface area contributed by atoms with Crippen LogP contribution < -0.4 is 5.73 Å². The van der Waals surface area contributed by atoms with Crippen LogP contribution in [0.4, 0.5) is 0 Å². The van der Waals surface area contributed by atoms with E-state index in [2.05, 4.69) is 4.98 Å². The lowest BCUT2D eigenvalue weighted by Crippen LogP contribution is -2.45. The minimum absolute atomic E-state index is 0.189. The molecule has 1 atom stereocenters. The van der Waals surface area contributed by atoms with E-state index in [9.17, 15) is 9.59 Å². The van der Waals surface area contributed by atoms with E-state index in [1.165, 1.54) is 6.92 Å². The summed E-state index contributed by atoms with van der Waals surface area (Å²) in [6, 6.07) is 13.8. The number of benzene rings is 2. The highest BCUT2D eigenvalue weighted by Crippen LogP contribution is 2.46. The minimum Gasteiger partial charge on any atom is -0.368 e. The normalized spacial score (nSPS) is 13.2. The third kappa shape index (κ3) is 3.05. The second-order valence-electron chi connectivity index (χ2n) is 6.40. The van der Waals surface area contributed by atoms with Crippen LogP contribution in [-0.2, 0) is 10.2 Å². The number of rotatable bonds is 5. The van der Waals surface area contributed by atoms with Crippen LogP contribution in [0.15, 0.2) is 54.7 Å². The monoisotopic (exact) mass is 400 g/mol. The van der Waals surface area contributed by atoms with Gasteiger partial charge in [0, 0.05) is 33.1 Å². The van der Waals surface area contributed by atoms with E-state index in [4.69, 9.17) is 28.9 Å². The van der Waals surface area contributed by atoms with Crippen molar-refractivity contribution in [1.82, 2.24) is 4.98 Å². The molecule has 2 aromatic carbocycles. The molecule has 3 aromatic rings. The Morgan fingerprint density at radius 3 is 2.22 bits per heavy atom. The highest BCUT2D eigenvalue weighted by atomic mass is 35.5. The second-order valence-corrected chi connectivity index (χ2v) is 7.21. The molecule has 0 saturated carbocycles. The van der Waals surface area contributed by atoms with E-state index < -0.39 is 11.3 Å². The van der Waals surface area contributed by atoms with Crippen molar-refractivity contribution in [2.75, 3.05) is 0 Å². The van der Waals surface area contributed by atoms with E-state index in [1.807, 2.05) is 13.0 Å². The zero-order valence-electron chi connectivity index (χ0n) is 14.8. The molecule has 138 valence electrons. The molecule has 0 spiro atoms. The molecule has 0 fully saturated rings. The van der Waals surface area contributed by atoms with Gasteiger partial charge in [0.2, 0.25) is 5.91 Å². The number of nitrogens with one attached hydrogen (secondary N) is 1. The summed E-state index contributed by atoms with van der Waals surface area (Å²) in [4.78, 5) is 28.5. The van der Waals surface area contributed by atoms with Gasteiger partial charge in [-0.3, -0.25) is 9.59 Å². The standard InChI is InChI=1S/C21H18Cl2N2O2/c1-12-8-9-14(13(2)26)15(11-12)21(20(24)27,18-7-4-10-25-18)19-16(22)5-3-6-17(19)23/h3-11,25H,1-2H3,(H2,24,27). The van der Waals surface area contributed by atoms with Gasteiger partial charge in [0.05, 0.1) is 0 Å². The van der Waals surface area contributed by atoms with Crippen molar-refractivity contribution >= 4 is 34.9 Å². The summed E-state index contributed by atoms with van der Waals surface area (Å²) < 4.78 is 0. The van der Waals surface area contributed by atoms with Crippen molar-refractivity contribution in [3.8, 4) is 0 Å². The molecule has 0 bridgehead atoms. The van der Waals surface area contributed by atoms with Gasteiger partial charge >= 0.3 is 0 Å². The van der Waals surface area contributed by atoms with Crippen molar-refractivity contribution in [2.24, 2.45) is 5.73 Å². The Morgan fingerprint density at radius 1 is 1.04 bits per heavy atom. The number of nitrogens with two attached hydrogens (primary N) is 1. The number of H-pyrrole nitrogens is 1. The number of carbonyl (C=O) groups is 2. The van der Waals surface area contributed by atoms with Crippen molar-refractivity contribution < 1.29 is 9.59 Å². The first-order valence-electron chi connectivity index (χ1n) is 8.30. The molecular formula is C21H18Cl2N2O2. The Kier molecular flexibility index (Phi) is 5.13. The number of primary amides is 1. The highest BCUT2D eigenvalue weighted by Gasteiger charge is 2.48. The maximum atomic E-state index is 13.1. The van der Waals surface area contributed by atoms with Crippen LogP contribution in [0.1, 0.15) is 39.7 Å². The summed E-state index contributed by atoms with van der Waals surface area (Å²) in [7, 11) is 0. The average Bonchev–Trinajstić information content (AvgIpc) is 3.12. The smallest absolute Gasteiger partial charge is 0.238 e. The van der Waals surface area contributed by atoms with E-state index in [0.29, 0.717) is 22.4 Å². The molecule has 1 aromatic heterocycles. The van der Waals surface area contributed by atoms with Gasteiger partial charge in [-0.2, -0.15) is 0 Å². The number of ketones is 1. The van der Waals surface area contributed by atoms with Crippen molar-refractivity contribution in [2.45, 2.75) is 19.3 Å². The molecule has 1 unspecified atom stereocenters. The van der Waals surface area contributed by atoms with E-state index in [-0.39, 0.29) is 15.8 Å². The Hall–Kier alpha value is -2.56. The van der Waals surface area contributed by atoms with Crippen LogP contribution in [0.5, 0.6) is 0 Å². The zero-order valence-corrected chi connectivity index (χ0v) is 16.4. The maximum Gasteiger partial charge on any atom is 0.238 e. The van der Waals surface area contributed by atoms with Gasteiger partial charge in [-0.05, 0) is 43.7 Å². The number of carbonyl (C=O) groups excluding carboxylic acids is 2. The fourth-order valence-corrected chi connectivity index (χ4v) is 4.18. The second kappa shape index (κ2) is 7.22. The van der Waals surface area contributed by atoms with Crippen LogP contribution in [-0.4, -0.2) is 16.7 Å². The first-order chi connectivity index (χ1) is 12.8. The number of amides is 1. The summed E-state index contributed by atoms with van der Waals surface area (Å²) in [6.45, 7) is 3.32. The van der Waals surface area contributed by atoms with Gasteiger partial charge in [0.25, 0.3) is 0 Å². The Balaban J connectivity index is 2.57. The lowest BCUT2D eigenvalue weighted by atomic mass is 9.69. The van der Waals surface area contributed by atoms with Crippen LogP contribution in [0.25, 0.3) is 0 Å². The van der Waals surface area contributed by atoms with Crippen LogP contribution >= 0.6 is 23.2 Å². The molecule has 0 radical (unpaired) electrons. The largest absolute Gasteiger partial charge is 0.368 e. The molecule has 0 aliphatic carbocycles. The predicted molar refractivity (Wildman–Crippen MR) is 108 cm³/mol. The zero-order chi connectivity index (χ0) is 19.8. The van der Waals surface area contributed by atoms with Crippen LogP contribution in [0, 0.1) is 6.92 Å². The summed E-state index contributed by atoms with van der Waals surface area (Å²) in [5.74, 6) is -0.876. The lowest BCUT2D eigenvalue weighted by molar-refractivity contribution is -0.121. The highest BCUT2D eigenvalue weighted by molar-refractivity contribution is 6.37. The van der Waals surface area contributed by atoms with E-state index >= 15 is 0 Å². The van der Waals surface area contributed by atoms with Crippen LogP contribution in [0.3, 0.4) is 0 Å². The SMILES string of the molecule is CC(=O)c1ccc(C)cc1C(C(N)=O)(c1ccc[nH]1)c1c(Cl)cccc1Cl.